The number of rotatable bonds is 2. The highest BCUT2D eigenvalue weighted by molar-refractivity contribution is 7.92. The smallest absolute Gasteiger partial charge is 0.264 e. The monoisotopic (exact) mass is 494 g/mol. The molecular formula is C26H30N4O4S. The van der Waals surface area contributed by atoms with Gasteiger partial charge in [-0.15, -0.1) is 0 Å². The van der Waals surface area contributed by atoms with Gasteiger partial charge in [0.05, 0.1) is 16.6 Å². The Bertz CT molecular complexity index is 1360. The number of fused-ring (bicyclic) bond motifs is 4. The normalized spacial score (nSPS) is 17.6. The van der Waals surface area contributed by atoms with Crippen molar-refractivity contribution in [2.45, 2.75) is 52.0 Å². The molecule has 4 rings (SSSR count). The highest BCUT2D eigenvalue weighted by atomic mass is 32.2. The van der Waals surface area contributed by atoms with Crippen molar-refractivity contribution in [1.82, 2.24) is 15.3 Å². The van der Waals surface area contributed by atoms with Crippen LogP contribution in [0.25, 0.3) is 11.3 Å². The first-order valence-electron chi connectivity index (χ1n) is 11.4. The van der Waals surface area contributed by atoms with Gasteiger partial charge in [0, 0.05) is 17.2 Å². The molecule has 2 heterocycles. The number of anilines is 1. The molecule has 2 N–H and O–H groups in total. The van der Waals surface area contributed by atoms with E-state index in [1.165, 1.54) is 18.2 Å². The van der Waals surface area contributed by atoms with Crippen LogP contribution >= 0.6 is 0 Å². The third-order valence-corrected chi connectivity index (χ3v) is 7.02. The number of hydrogen-bond donors (Lipinski definition) is 2. The summed E-state index contributed by atoms with van der Waals surface area (Å²) in [5.74, 6) is -0.251. The molecule has 184 valence electrons. The summed E-state index contributed by atoms with van der Waals surface area (Å²) in [7, 11) is -4.05. The van der Waals surface area contributed by atoms with E-state index in [0.717, 1.165) is 16.7 Å². The largest absolute Gasteiger partial charge is 0.475 e. The SMILES string of the molecule is Cc1cccc(C)c1-c1cc2nc(n1)NS(=O)(=O)c1cccc(c1)C(=O)N[C@H](CC(C)(C)C)CO2. The predicted molar refractivity (Wildman–Crippen MR) is 135 cm³/mol. The molecule has 0 fully saturated rings. The summed E-state index contributed by atoms with van der Waals surface area (Å²) >= 11 is 0. The average molecular weight is 495 g/mol. The lowest BCUT2D eigenvalue weighted by Gasteiger charge is -2.27. The maximum Gasteiger partial charge on any atom is 0.264 e. The number of aryl methyl sites for hydroxylation is 2. The molecule has 3 aromatic rings. The minimum Gasteiger partial charge on any atom is -0.475 e. The number of amides is 1. The Labute approximate surface area is 206 Å². The van der Waals surface area contributed by atoms with Crippen molar-refractivity contribution in [2.24, 2.45) is 5.41 Å². The first kappa shape index (κ1) is 24.7. The van der Waals surface area contributed by atoms with E-state index in [1.807, 2.05) is 32.0 Å². The molecule has 1 amide bonds. The highest BCUT2D eigenvalue weighted by Crippen LogP contribution is 2.30. The number of nitrogens with zero attached hydrogens (tertiary/aromatic N) is 2. The number of aromatic nitrogens is 2. The molecule has 0 aliphatic carbocycles. The van der Waals surface area contributed by atoms with E-state index in [9.17, 15) is 13.2 Å². The van der Waals surface area contributed by atoms with Gasteiger partial charge in [-0.1, -0.05) is 45.0 Å². The Hall–Kier alpha value is -3.46. The van der Waals surface area contributed by atoms with Crippen molar-refractivity contribution >= 4 is 21.9 Å². The van der Waals surface area contributed by atoms with Gasteiger partial charge in [-0.05, 0) is 55.0 Å². The average Bonchev–Trinajstić information content (AvgIpc) is 2.76. The lowest BCUT2D eigenvalue weighted by atomic mass is 9.88. The zero-order valence-corrected chi connectivity index (χ0v) is 21.4. The Morgan fingerprint density at radius 3 is 2.40 bits per heavy atom. The van der Waals surface area contributed by atoms with Crippen LogP contribution in [0.5, 0.6) is 5.88 Å². The van der Waals surface area contributed by atoms with Crippen LogP contribution in [0.3, 0.4) is 0 Å². The summed E-state index contributed by atoms with van der Waals surface area (Å²) < 4.78 is 34.8. The van der Waals surface area contributed by atoms with Crippen LogP contribution in [0.2, 0.25) is 0 Å². The van der Waals surface area contributed by atoms with Crippen molar-refractivity contribution < 1.29 is 17.9 Å². The molecule has 1 aliphatic heterocycles. The summed E-state index contributed by atoms with van der Waals surface area (Å²) in [6, 6.07) is 13.2. The van der Waals surface area contributed by atoms with Gasteiger partial charge in [0.1, 0.15) is 6.61 Å². The van der Waals surface area contributed by atoms with Crippen molar-refractivity contribution in [3.63, 3.8) is 0 Å². The second-order valence-electron chi connectivity index (χ2n) is 10.1. The Kier molecular flexibility index (Phi) is 6.55. The predicted octanol–water partition coefficient (Wildman–Crippen LogP) is 4.49. The summed E-state index contributed by atoms with van der Waals surface area (Å²) in [6.07, 6.45) is 0.649. The maximum atomic E-state index is 13.2. The van der Waals surface area contributed by atoms with Gasteiger partial charge in [-0.2, -0.15) is 4.98 Å². The van der Waals surface area contributed by atoms with Gasteiger partial charge in [0.25, 0.3) is 15.9 Å². The minimum absolute atomic E-state index is 0.0553. The molecule has 0 saturated carbocycles. The van der Waals surface area contributed by atoms with E-state index in [1.54, 1.807) is 12.1 Å². The van der Waals surface area contributed by atoms with E-state index >= 15 is 0 Å². The van der Waals surface area contributed by atoms with Crippen molar-refractivity contribution in [2.75, 3.05) is 11.3 Å². The summed E-state index contributed by atoms with van der Waals surface area (Å²) in [4.78, 5) is 21.8. The lowest BCUT2D eigenvalue weighted by Crippen LogP contribution is -2.41. The Morgan fingerprint density at radius 2 is 1.71 bits per heavy atom. The van der Waals surface area contributed by atoms with Crippen molar-refractivity contribution in [3.05, 3.63) is 65.2 Å². The third-order valence-electron chi connectivity index (χ3n) is 5.70. The number of sulfonamides is 1. The van der Waals surface area contributed by atoms with Gasteiger partial charge in [-0.25, -0.2) is 18.1 Å². The van der Waals surface area contributed by atoms with Gasteiger partial charge in [0.15, 0.2) is 0 Å². The highest BCUT2D eigenvalue weighted by Gasteiger charge is 2.25. The molecule has 35 heavy (non-hydrogen) atoms. The van der Waals surface area contributed by atoms with Gasteiger partial charge < -0.3 is 10.1 Å². The lowest BCUT2D eigenvalue weighted by molar-refractivity contribution is 0.0903. The molecule has 0 spiro atoms. The van der Waals surface area contributed by atoms with Crippen LogP contribution in [0.15, 0.2) is 53.4 Å². The van der Waals surface area contributed by atoms with Crippen molar-refractivity contribution in [1.29, 1.82) is 0 Å². The fourth-order valence-electron chi connectivity index (χ4n) is 4.22. The van der Waals surface area contributed by atoms with Crippen LogP contribution in [0.4, 0.5) is 5.95 Å². The van der Waals surface area contributed by atoms with Gasteiger partial charge in [-0.3, -0.25) is 4.79 Å². The number of carbonyl (C=O) groups is 1. The fraction of sp³-hybridized carbons (Fsp3) is 0.346. The topological polar surface area (TPSA) is 110 Å². The van der Waals surface area contributed by atoms with Crippen LogP contribution in [-0.2, 0) is 10.0 Å². The fourth-order valence-corrected chi connectivity index (χ4v) is 5.21. The molecule has 2 aromatic carbocycles. The summed E-state index contributed by atoms with van der Waals surface area (Å²) in [5.41, 5.74) is 3.57. The van der Waals surface area contributed by atoms with E-state index in [4.69, 9.17) is 4.74 Å². The standard InChI is InChI=1S/C26H30N4O4S/c1-16-8-6-9-17(2)23(16)21-13-22-29-25(28-21)30-35(32,33)20-11-7-10-18(12-20)24(31)27-19(15-34-22)14-26(3,4)5/h6-13,19H,14-15H2,1-5H3,(H,27,31)(H,28,29,30)/t19-/m1/s1. The van der Waals surface area contributed by atoms with Gasteiger partial charge in [0.2, 0.25) is 11.8 Å². The zero-order valence-electron chi connectivity index (χ0n) is 20.5. The quantitative estimate of drug-likeness (QED) is 0.543. The van der Waals surface area contributed by atoms with E-state index in [2.05, 4.69) is 40.8 Å². The number of hydrogen-bond acceptors (Lipinski definition) is 6. The molecule has 8 nitrogen and oxygen atoms in total. The van der Waals surface area contributed by atoms with Crippen LogP contribution in [-0.4, -0.2) is 36.9 Å². The molecule has 0 radical (unpaired) electrons. The molecule has 4 bridgehead atoms. The summed E-state index contributed by atoms with van der Waals surface area (Å²) in [6.45, 7) is 10.4. The zero-order chi connectivity index (χ0) is 25.4. The molecule has 9 heteroatoms. The summed E-state index contributed by atoms with van der Waals surface area (Å²) in [5, 5.41) is 3.00. The molecule has 1 aliphatic rings. The Balaban J connectivity index is 1.86. The first-order valence-corrected chi connectivity index (χ1v) is 12.9. The van der Waals surface area contributed by atoms with Crippen molar-refractivity contribution in [3.8, 4) is 17.1 Å². The molecular weight excluding hydrogens is 464 g/mol. The minimum atomic E-state index is -4.05. The maximum absolute atomic E-state index is 13.2. The van der Waals surface area contributed by atoms with Gasteiger partial charge >= 0.3 is 0 Å². The second-order valence-corrected chi connectivity index (χ2v) is 11.7. The molecule has 1 atom stereocenters. The Morgan fingerprint density at radius 1 is 1.03 bits per heavy atom. The van der Waals surface area contributed by atoms with Crippen LogP contribution in [0, 0.1) is 19.3 Å². The number of carbonyl (C=O) groups excluding carboxylic acids is 1. The molecule has 1 aromatic heterocycles. The van der Waals surface area contributed by atoms with Crippen LogP contribution < -0.4 is 14.8 Å². The van der Waals surface area contributed by atoms with E-state index in [-0.39, 0.29) is 46.3 Å². The first-order chi connectivity index (χ1) is 16.4. The number of benzene rings is 2. The molecule has 0 saturated heterocycles. The number of ether oxygens (including phenoxy) is 1. The second kappa shape index (κ2) is 9.30. The third kappa shape index (κ3) is 5.79. The van der Waals surface area contributed by atoms with Crippen LogP contribution in [0.1, 0.15) is 48.7 Å². The number of nitrogens with one attached hydrogen (secondary N) is 2. The van der Waals surface area contributed by atoms with E-state index < -0.39 is 10.0 Å². The van der Waals surface area contributed by atoms with E-state index in [0.29, 0.717) is 12.1 Å². The molecule has 0 unspecified atom stereocenters.